The van der Waals surface area contributed by atoms with Gasteiger partial charge in [0.25, 0.3) is 0 Å². The van der Waals surface area contributed by atoms with Crippen molar-refractivity contribution >= 4 is 11.8 Å². The normalized spacial score (nSPS) is 24.4. The Morgan fingerprint density at radius 3 is 2.71 bits per heavy atom. The van der Waals surface area contributed by atoms with Gasteiger partial charge in [0.15, 0.2) is 0 Å². The van der Waals surface area contributed by atoms with Gasteiger partial charge < -0.3 is 20.1 Å². The van der Waals surface area contributed by atoms with Crippen molar-refractivity contribution in [1.29, 1.82) is 0 Å². The molecule has 2 heterocycles. The molecule has 2 atom stereocenters. The molecule has 0 spiro atoms. The highest BCUT2D eigenvalue weighted by molar-refractivity contribution is 5.78. The molecule has 1 aromatic rings. The quantitative estimate of drug-likeness (QED) is 0.601. The van der Waals surface area contributed by atoms with Crippen LogP contribution in [0.15, 0.2) is 30.3 Å². The predicted molar refractivity (Wildman–Crippen MR) is 105 cm³/mol. The maximum atomic E-state index is 12.4. The zero-order chi connectivity index (χ0) is 20.0. The molecule has 7 nitrogen and oxygen atoms in total. The third-order valence-corrected chi connectivity index (χ3v) is 5.86. The molecule has 2 fully saturated rings. The lowest BCUT2D eigenvalue weighted by Crippen LogP contribution is -2.41. The molecule has 0 aliphatic carbocycles. The number of benzene rings is 1. The number of aliphatic hydroxyl groups excluding tert-OH is 1. The molecule has 2 aliphatic heterocycles. The van der Waals surface area contributed by atoms with Gasteiger partial charge >= 0.3 is 0 Å². The van der Waals surface area contributed by atoms with Gasteiger partial charge in [0.1, 0.15) is 0 Å². The van der Waals surface area contributed by atoms with Gasteiger partial charge in [-0.05, 0) is 18.4 Å². The summed E-state index contributed by atoms with van der Waals surface area (Å²) in [6, 6.07) is 9.83. The van der Waals surface area contributed by atoms with E-state index in [1.807, 2.05) is 42.2 Å². The Bertz CT molecular complexity index is 669. The standard InChI is InChI=1S/C21H31N3O4/c1-2-28-9-8-20(27)24-12-18-11-23(14-21(18,15-24)16-25)13-19(26)22-10-17-6-4-3-5-7-17/h3-7,18,25H,2,8-16H2,1H3,(H,22,26). The molecule has 0 saturated carbocycles. The number of ether oxygens (including phenoxy) is 1. The summed E-state index contributed by atoms with van der Waals surface area (Å²) in [5.41, 5.74) is 0.753. The van der Waals surface area contributed by atoms with Gasteiger partial charge in [0.05, 0.1) is 26.2 Å². The molecule has 28 heavy (non-hydrogen) atoms. The van der Waals surface area contributed by atoms with E-state index in [4.69, 9.17) is 4.74 Å². The van der Waals surface area contributed by atoms with Crippen LogP contribution in [0.2, 0.25) is 0 Å². The summed E-state index contributed by atoms with van der Waals surface area (Å²) in [6.07, 6.45) is 0.383. The number of aliphatic hydroxyl groups is 1. The summed E-state index contributed by atoms with van der Waals surface area (Å²) < 4.78 is 5.28. The number of likely N-dealkylation sites (tertiary alicyclic amines) is 2. The fourth-order valence-electron chi connectivity index (χ4n) is 4.34. The molecule has 2 unspecified atom stereocenters. The van der Waals surface area contributed by atoms with Crippen LogP contribution in [-0.2, 0) is 20.9 Å². The van der Waals surface area contributed by atoms with Crippen molar-refractivity contribution in [2.24, 2.45) is 11.3 Å². The molecule has 1 aromatic carbocycles. The van der Waals surface area contributed by atoms with Gasteiger partial charge in [0, 0.05) is 44.7 Å². The Balaban J connectivity index is 1.47. The van der Waals surface area contributed by atoms with E-state index in [1.54, 1.807) is 0 Å². The summed E-state index contributed by atoms with van der Waals surface area (Å²) in [4.78, 5) is 28.6. The van der Waals surface area contributed by atoms with E-state index < -0.39 is 0 Å². The van der Waals surface area contributed by atoms with Crippen LogP contribution in [0.25, 0.3) is 0 Å². The summed E-state index contributed by atoms with van der Waals surface area (Å²) in [7, 11) is 0. The number of hydrogen-bond acceptors (Lipinski definition) is 5. The second kappa shape index (κ2) is 9.49. The lowest BCUT2D eigenvalue weighted by Gasteiger charge is -2.27. The monoisotopic (exact) mass is 389 g/mol. The third kappa shape index (κ3) is 4.90. The van der Waals surface area contributed by atoms with Crippen molar-refractivity contribution < 1.29 is 19.4 Å². The molecular formula is C21H31N3O4. The SMILES string of the molecule is CCOCCC(=O)N1CC2CN(CC(=O)NCc3ccccc3)CC2(CO)C1. The minimum Gasteiger partial charge on any atom is -0.396 e. The Kier molecular flexibility index (Phi) is 7.04. The maximum Gasteiger partial charge on any atom is 0.234 e. The number of rotatable bonds is 9. The van der Waals surface area contributed by atoms with Crippen molar-refractivity contribution in [3.8, 4) is 0 Å². The highest BCUT2D eigenvalue weighted by Gasteiger charge is 2.53. The molecule has 3 rings (SSSR count). The van der Waals surface area contributed by atoms with E-state index >= 15 is 0 Å². The fraction of sp³-hybridized carbons (Fsp3) is 0.619. The lowest BCUT2D eigenvalue weighted by molar-refractivity contribution is -0.132. The van der Waals surface area contributed by atoms with Crippen LogP contribution in [0, 0.1) is 11.3 Å². The van der Waals surface area contributed by atoms with E-state index in [2.05, 4.69) is 10.2 Å². The van der Waals surface area contributed by atoms with Crippen LogP contribution in [-0.4, -0.2) is 79.3 Å². The number of nitrogens with one attached hydrogen (secondary N) is 1. The molecule has 0 aromatic heterocycles. The smallest absolute Gasteiger partial charge is 0.234 e. The third-order valence-electron chi connectivity index (χ3n) is 5.86. The number of carbonyl (C=O) groups is 2. The fourth-order valence-corrected chi connectivity index (χ4v) is 4.34. The predicted octanol–water partition coefficient (Wildman–Crippen LogP) is 0.482. The van der Waals surface area contributed by atoms with Gasteiger partial charge in [-0.25, -0.2) is 0 Å². The Hall–Kier alpha value is -1.96. The minimum atomic E-state index is -0.318. The number of hydrogen-bond donors (Lipinski definition) is 2. The summed E-state index contributed by atoms with van der Waals surface area (Å²) >= 11 is 0. The summed E-state index contributed by atoms with van der Waals surface area (Å²) in [6.45, 7) is 6.42. The maximum absolute atomic E-state index is 12.4. The second-order valence-corrected chi connectivity index (χ2v) is 7.87. The molecule has 2 saturated heterocycles. The van der Waals surface area contributed by atoms with Crippen molar-refractivity contribution in [3.05, 3.63) is 35.9 Å². The van der Waals surface area contributed by atoms with Gasteiger partial charge in [0.2, 0.25) is 11.8 Å². The number of carbonyl (C=O) groups excluding carboxylic acids is 2. The molecule has 0 radical (unpaired) electrons. The van der Waals surface area contributed by atoms with E-state index in [-0.39, 0.29) is 29.8 Å². The molecule has 2 aliphatic rings. The number of amides is 2. The summed E-state index contributed by atoms with van der Waals surface area (Å²) in [5.74, 6) is 0.278. The van der Waals surface area contributed by atoms with Crippen LogP contribution >= 0.6 is 0 Å². The van der Waals surface area contributed by atoms with E-state index in [9.17, 15) is 14.7 Å². The van der Waals surface area contributed by atoms with Gasteiger partial charge in [-0.1, -0.05) is 30.3 Å². The van der Waals surface area contributed by atoms with Gasteiger partial charge in [-0.15, -0.1) is 0 Å². The van der Waals surface area contributed by atoms with Crippen molar-refractivity contribution in [3.63, 3.8) is 0 Å². The molecule has 0 bridgehead atoms. The van der Waals surface area contributed by atoms with Crippen molar-refractivity contribution in [2.45, 2.75) is 19.9 Å². The Labute approximate surface area is 166 Å². The van der Waals surface area contributed by atoms with Crippen LogP contribution in [0.1, 0.15) is 18.9 Å². The highest BCUT2D eigenvalue weighted by Crippen LogP contribution is 2.42. The second-order valence-electron chi connectivity index (χ2n) is 7.87. The van der Waals surface area contributed by atoms with Crippen LogP contribution in [0.4, 0.5) is 0 Å². The first-order valence-electron chi connectivity index (χ1n) is 10.1. The first kappa shape index (κ1) is 20.8. The van der Waals surface area contributed by atoms with Crippen LogP contribution < -0.4 is 5.32 Å². The molecule has 2 amide bonds. The topological polar surface area (TPSA) is 82.1 Å². The zero-order valence-electron chi connectivity index (χ0n) is 16.6. The first-order valence-corrected chi connectivity index (χ1v) is 10.1. The lowest BCUT2D eigenvalue weighted by atomic mass is 9.82. The van der Waals surface area contributed by atoms with E-state index in [1.165, 1.54) is 0 Å². The highest BCUT2D eigenvalue weighted by atomic mass is 16.5. The number of fused-ring (bicyclic) bond motifs is 1. The van der Waals surface area contributed by atoms with Crippen molar-refractivity contribution in [2.75, 3.05) is 52.5 Å². The van der Waals surface area contributed by atoms with Crippen molar-refractivity contribution in [1.82, 2.24) is 15.1 Å². The molecular weight excluding hydrogens is 358 g/mol. The number of nitrogens with zero attached hydrogens (tertiary/aromatic N) is 2. The largest absolute Gasteiger partial charge is 0.396 e. The van der Waals surface area contributed by atoms with E-state index in [0.717, 1.165) is 12.1 Å². The molecule has 2 N–H and O–H groups in total. The Morgan fingerprint density at radius 2 is 2.04 bits per heavy atom. The van der Waals surface area contributed by atoms with Gasteiger partial charge in [-0.3, -0.25) is 14.5 Å². The molecule has 154 valence electrons. The first-order chi connectivity index (χ1) is 13.6. The van der Waals surface area contributed by atoms with Crippen LogP contribution in [0.5, 0.6) is 0 Å². The zero-order valence-corrected chi connectivity index (χ0v) is 16.6. The average Bonchev–Trinajstić information content (AvgIpc) is 3.21. The van der Waals surface area contributed by atoms with Crippen LogP contribution in [0.3, 0.4) is 0 Å². The summed E-state index contributed by atoms with van der Waals surface area (Å²) in [5, 5.41) is 13.0. The molecule has 7 heteroatoms. The average molecular weight is 389 g/mol. The minimum absolute atomic E-state index is 0.0124. The Morgan fingerprint density at radius 1 is 1.25 bits per heavy atom. The van der Waals surface area contributed by atoms with E-state index in [0.29, 0.717) is 52.4 Å². The van der Waals surface area contributed by atoms with Gasteiger partial charge in [-0.2, -0.15) is 0 Å².